The van der Waals surface area contributed by atoms with Gasteiger partial charge in [-0.15, -0.1) is 25.8 Å². The summed E-state index contributed by atoms with van der Waals surface area (Å²) in [7, 11) is 0. The second kappa shape index (κ2) is 4.06. The SMILES string of the molecule is Cc1nc(S)c2cc(OC(F)(F)F)ccc2n1. The maximum absolute atomic E-state index is 12.0. The van der Waals surface area contributed by atoms with Crippen molar-refractivity contribution in [1.29, 1.82) is 0 Å². The molecule has 2 rings (SSSR count). The molecule has 0 bridgehead atoms. The Morgan fingerprint density at radius 1 is 1.24 bits per heavy atom. The first-order valence-corrected chi connectivity index (χ1v) is 5.03. The first kappa shape index (κ1) is 12.0. The van der Waals surface area contributed by atoms with E-state index >= 15 is 0 Å². The second-order valence-electron chi connectivity index (χ2n) is 3.32. The van der Waals surface area contributed by atoms with E-state index in [2.05, 4.69) is 27.3 Å². The molecule has 7 heteroatoms. The highest BCUT2D eigenvalue weighted by atomic mass is 32.1. The highest BCUT2D eigenvalue weighted by molar-refractivity contribution is 7.80. The molecule has 0 N–H and O–H groups in total. The molecule has 0 amide bonds. The zero-order chi connectivity index (χ0) is 12.6. The molecule has 0 spiro atoms. The Morgan fingerprint density at radius 3 is 2.59 bits per heavy atom. The molecule has 0 fully saturated rings. The van der Waals surface area contributed by atoms with Gasteiger partial charge in [-0.2, -0.15) is 0 Å². The van der Waals surface area contributed by atoms with Crippen molar-refractivity contribution in [2.24, 2.45) is 0 Å². The molecule has 0 unspecified atom stereocenters. The van der Waals surface area contributed by atoms with Gasteiger partial charge in [-0.25, -0.2) is 9.97 Å². The molecule has 3 nitrogen and oxygen atoms in total. The van der Waals surface area contributed by atoms with Crippen LogP contribution in [0.4, 0.5) is 13.2 Å². The van der Waals surface area contributed by atoms with Gasteiger partial charge in [-0.1, -0.05) is 0 Å². The monoisotopic (exact) mass is 260 g/mol. The predicted octanol–water partition coefficient (Wildman–Crippen LogP) is 3.13. The van der Waals surface area contributed by atoms with Gasteiger partial charge in [0.15, 0.2) is 0 Å². The summed E-state index contributed by atoms with van der Waals surface area (Å²) in [6, 6.07) is 3.85. The number of aromatic nitrogens is 2. The fraction of sp³-hybridized carbons (Fsp3) is 0.200. The summed E-state index contributed by atoms with van der Waals surface area (Å²) in [6.45, 7) is 1.68. The second-order valence-corrected chi connectivity index (χ2v) is 3.74. The van der Waals surface area contributed by atoms with Crippen molar-refractivity contribution < 1.29 is 17.9 Å². The Morgan fingerprint density at radius 2 is 1.94 bits per heavy atom. The van der Waals surface area contributed by atoms with Gasteiger partial charge in [0, 0.05) is 5.39 Å². The molecule has 0 aliphatic carbocycles. The molecule has 0 aliphatic heterocycles. The lowest BCUT2D eigenvalue weighted by Crippen LogP contribution is -2.17. The summed E-state index contributed by atoms with van der Waals surface area (Å²) in [5, 5.41) is 0.737. The number of nitrogens with zero attached hydrogens (tertiary/aromatic N) is 2. The normalized spacial score (nSPS) is 11.8. The van der Waals surface area contributed by atoms with E-state index in [0.29, 0.717) is 21.8 Å². The molecule has 17 heavy (non-hydrogen) atoms. The van der Waals surface area contributed by atoms with Crippen LogP contribution in [0.15, 0.2) is 23.2 Å². The van der Waals surface area contributed by atoms with Crippen molar-refractivity contribution in [3.8, 4) is 5.75 Å². The summed E-state index contributed by atoms with van der Waals surface area (Å²) in [5.41, 5.74) is 0.525. The van der Waals surface area contributed by atoms with Crippen LogP contribution < -0.4 is 4.74 Å². The molecule has 0 atom stereocenters. The average Bonchev–Trinajstić information content (AvgIpc) is 2.16. The maximum Gasteiger partial charge on any atom is 0.573 e. The molecule has 0 saturated heterocycles. The first-order chi connectivity index (χ1) is 7.85. The number of hydrogen-bond acceptors (Lipinski definition) is 4. The number of alkyl halides is 3. The van der Waals surface area contributed by atoms with E-state index < -0.39 is 6.36 Å². The van der Waals surface area contributed by atoms with Crippen molar-refractivity contribution in [2.45, 2.75) is 18.3 Å². The zero-order valence-corrected chi connectivity index (χ0v) is 9.51. The number of fused-ring (bicyclic) bond motifs is 1. The van der Waals surface area contributed by atoms with Gasteiger partial charge in [0.05, 0.1) is 5.52 Å². The van der Waals surface area contributed by atoms with Crippen LogP contribution in [0.25, 0.3) is 10.9 Å². The van der Waals surface area contributed by atoms with Crippen LogP contribution in [0.3, 0.4) is 0 Å². The summed E-state index contributed by atoms with van der Waals surface area (Å²) in [5.74, 6) is 0.194. The van der Waals surface area contributed by atoms with Gasteiger partial charge in [0.2, 0.25) is 0 Å². The van der Waals surface area contributed by atoms with E-state index in [0.717, 1.165) is 0 Å². The van der Waals surface area contributed by atoms with Crippen LogP contribution in [-0.2, 0) is 0 Å². The number of benzene rings is 1. The molecule has 0 radical (unpaired) electrons. The summed E-state index contributed by atoms with van der Waals surface area (Å²) in [4.78, 5) is 8.03. The maximum atomic E-state index is 12.0. The van der Waals surface area contributed by atoms with E-state index in [1.54, 1.807) is 6.92 Å². The van der Waals surface area contributed by atoms with Crippen molar-refractivity contribution in [3.63, 3.8) is 0 Å². The quantitative estimate of drug-likeness (QED) is 0.632. The average molecular weight is 260 g/mol. The lowest BCUT2D eigenvalue weighted by atomic mass is 10.2. The first-order valence-electron chi connectivity index (χ1n) is 4.58. The fourth-order valence-electron chi connectivity index (χ4n) is 1.40. The van der Waals surface area contributed by atoms with Gasteiger partial charge < -0.3 is 4.74 Å². The number of thiol groups is 1. The van der Waals surface area contributed by atoms with Crippen LogP contribution in [0.5, 0.6) is 5.75 Å². The minimum atomic E-state index is -4.71. The fourth-order valence-corrected chi connectivity index (χ4v) is 1.73. The number of hydrogen-bond donors (Lipinski definition) is 1. The Labute approximate surface area is 100 Å². The largest absolute Gasteiger partial charge is 0.573 e. The molecular formula is C10H7F3N2OS. The van der Waals surface area contributed by atoms with E-state index in [1.165, 1.54) is 18.2 Å². The molecule has 1 aromatic carbocycles. The number of rotatable bonds is 1. The van der Waals surface area contributed by atoms with Crippen molar-refractivity contribution in [2.75, 3.05) is 0 Å². The van der Waals surface area contributed by atoms with Crippen LogP contribution >= 0.6 is 12.6 Å². The van der Waals surface area contributed by atoms with Crippen LogP contribution in [0.2, 0.25) is 0 Å². The van der Waals surface area contributed by atoms with Crippen LogP contribution in [0.1, 0.15) is 5.82 Å². The van der Waals surface area contributed by atoms with E-state index in [9.17, 15) is 13.2 Å². The van der Waals surface area contributed by atoms with Gasteiger partial charge in [0.1, 0.15) is 16.6 Å². The molecule has 2 aromatic rings. The van der Waals surface area contributed by atoms with Crippen molar-refractivity contribution in [1.82, 2.24) is 9.97 Å². The molecule has 1 aromatic heterocycles. The smallest absolute Gasteiger partial charge is 0.406 e. The predicted molar refractivity (Wildman–Crippen MR) is 58.2 cm³/mol. The molecule has 1 heterocycles. The van der Waals surface area contributed by atoms with Gasteiger partial charge in [-0.3, -0.25) is 0 Å². The van der Waals surface area contributed by atoms with E-state index in [4.69, 9.17) is 0 Å². The van der Waals surface area contributed by atoms with E-state index in [-0.39, 0.29) is 5.75 Å². The third-order valence-corrected chi connectivity index (χ3v) is 2.33. The van der Waals surface area contributed by atoms with Gasteiger partial charge in [-0.05, 0) is 25.1 Å². The van der Waals surface area contributed by atoms with E-state index in [1.807, 2.05) is 0 Å². The van der Waals surface area contributed by atoms with Crippen molar-refractivity contribution >= 4 is 23.5 Å². The van der Waals surface area contributed by atoms with Crippen LogP contribution in [-0.4, -0.2) is 16.3 Å². The van der Waals surface area contributed by atoms with Crippen LogP contribution in [0, 0.1) is 6.92 Å². The lowest BCUT2D eigenvalue weighted by Gasteiger charge is -2.09. The number of ether oxygens (including phenoxy) is 1. The minimum absolute atomic E-state index is 0.312. The lowest BCUT2D eigenvalue weighted by molar-refractivity contribution is -0.274. The molecule has 0 saturated carbocycles. The Bertz CT molecular complexity index is 571. The number of halogens is 3. The number of aryl methyl sites for hydroxylation is 1. The highest BCUT2D eigenvalue weighted by Crippen LogP contribution is 2.28. The summed E-state index contributed by atoms with van der Waals surface area (Å²) in [6.07, 6.45) is -4.71. The Balaban J connectivity index is 2.51. The molecule has 90 valence electrons. The molecular weight excluding hydrogens is 253 g/mol. The van der Waals surface area contributed by atoms with Gasteiger partial charge in [0.25, 0.3) is 0 Å². The topological polar surface area (TPSA) is 35.0 Å². The third kappa shape index (κ3) is 2.79. The standard InChI is InChI=1S/C10H7F3N2OS/c1-5-14-8-3-2-6(16-10(11,12)13)4-7(8)9(17)15-5/h2-4H,1H3,(H,14,15,17). The summed E-state index contributed by atoms with van der Waals surface area (Å²) >= 11 is 4.09. The van der Waals surface area contributed by atoms with Gasteiger partial charge >= 0.3 is 6.36 Å². The Kier molecular flexibility index (Phi) is 2.86. The summed E-state index contributed by atoms with van der Waals surface area (Å²) < 4.78 is 39.9. The van der Waals surface area contributed by atoms with Crippen molar-refractivity contribution in [3.05, 3.63) is 24.0 Å². The molecule has 0 aliphatic rings. The minimum Gasteiger partial charge on any atom is -0.406 e. The highest BCUT2D eigenvalue weighted by Gasteiger charge is 2.31. The zero-order valence-electron chi connectivity index (χ0n) is 8.62. The third-order valence-electron chi connectivity index (χ3n) is 1.99. The Hall–Kier alpha value is -1.50.